The van der Waals surface area contributed by atoms with Crippen LogP contribution in [-0.4, -0.2) is 298 Å². The number of rotatable bonds is 86. The molecule has 0 aliphatic heterocycles. The smallest absolute Gasteiger partial charge is 0.326 e. The highest BCUT2D eigenvalue weighted by molar-refractivity contribution is 5.95. The number of amides is 6. The summed E-state index contributed by atoms with van der Waals surface area (Å²) in [5.41, 5.74) is 5.60. The third kappa shape index (κ3) is 65.4. The molecule has 0 saturated heterocycles. The Bertz CT molecular complexity index is 3600. The molecule has 0 spiro atoms. The van der Waals surface area contributed by atoms with Gasteiger partial charge < -0.3 is 107 Å². The molecule has 0 saturated carbocycles. The molecular formula is C89H148N10O32. The molecule has 42 nitrogen and oxygen atoms in total. The van der Waals surface area contributed by atoms with Gasteiger partial charge in [-0.25, -0.2) is 9.78 Å². The third-order valence-corrected chi connectivity index (χ3v) is 21.1. The van der Waals surface area contributed by atoms with Gasteiger partial charge in [0.1, 0.15) is 37.7 Å². The lowest BCUT2D eigenvalue weighted by Gasteiger charge is -2.27. The number of carbonyl (C=O) groups excluding carboxylic acids is 13. The van der Waals surface area contributed by atoms with Gasteiger partial charge in [0.05, 0.1) is 101 Å². The first-order valence-corrected chi connectivity index (χ1v) is 45.5. The largest absolute Gasteiger partial charge is 0.481 e. The molecule has 0 bridgehead atoms. The zero-order valence-electron chi connectivity index (χ0n) is 77.0. The van der Waals surface area contributed by atoms with Crippen molar-refractivity contribution >= 4 is 112 Å². The maximum Gasteiger partial charge on any atom is 0.326 e. The molecule has 0 aromatic carbocycles. The summed E-state index contributed by atoms with van der Waals surface area (Å²) in [5, 5.41) is 93.1. The fraction of sp³-hybridized carbons (Fsp3) is 0.753. The van der Waals surface area contributed by atoms with Gasteiger partial charge >= 0.3 is 35.8 Å². The number of aliphatic hydroxyl groups is 2. The van der Waals surface area contributed by atoms with Crippen molar-refractivity contribution in [2.24, 2.45) is 34.8 Å². The predicted molar refractivity (Wildman–Crippen MR) is 472 cm³/mol. The van der Waals surface area contributed by atoms with Gasteiger partial charge in [0, 0.05) is 134 Å². The lowest BCUT2D eigenvalue weighted by Crippen LogP contribution is -2.54. The standard InChI is InChI=1S/C46H79N3O16.C43H69N7O16/c1-2-27-63-28-25-47-40(52)22-19-36(45(59)60)33-38(51)34-65-31-30-64-29-26-48-41(53)24-21-39(46(61)62)49-42(54)23-20-35(44(57)58)32-37(50)17-15-13-11-9-7-5-3-4-6-8-10-12-14-16-18-43(55)56;1-26(52)39(27(2)53)50-40(60)34(48-22-36(57)43(3,4)20-35(56)33(44)19-30-21-45-25-49-30)7-5-6-12-46-37(58)10-9-29(42(63)64)18-32(55)24-66-16-15-65-14-13-47-38(59)11-8-28(41(61)62)17-31(54)23-51/h35-36,39H,2-34H2,1H3,(H,47,52)(H,48,53)(H,49,54)(H,55,56)(H,57,58)(H,59,60)(H,61,62);21,25-26,28-29,33-34,39,48,51-52H,5-20,22-24,44H2,1-4H3,(H,45,49)(H,46,58)(H,47,59)(H,50,60)(H,61,62)(H,63,64)/t35-,36-,39+;26-,28-,29-,33+,34+,39+/m11/s1. The number of aromatic nitrogens is 2. The van der Waals surface area contributed by atoms with Crippen LogP contribution in [0.3, 0.4) is 0 Å². The summed E-state index contributed by atoms with van der Waals surface area (Å²) in [4.78, 5) is 237. The number of unbranched alkanes of at least 4 members (excludes halogenated alkanes) is 14. The van der Waals surface area contributed by atoms with E-state index in [-0.39, 0.29) is 218 Å². The fourth-order valence-corrected chi connectivity index (χ4v) is 13.3. The number of imidazole rings is 1. The third-order valence-electron chi connectivity index (χ3n) is 21.1. The number of hydrogen-bond donors (Lipinski definition) is 17. The van der Waals surface area contributed by atoms with Gasteiger partial charge in [0.2, 0.25) is 35.4 Å². The quantitative estimate of drug-likeness (QED) is 0.0412. The fourth-order valence-electron chi connectivity index (χ4n) is 13.3. The van der Waals surface area contributed by atoms with Crippen molar-refractivity contribution < 1.29 is 156 Å². The number of carboxylic acid groups (broad SMARTS) is 6. The summed E-state index contributed by atoms with van der Waals surface area (Å²) < 4.78 is 26.4. The molecule has 1 aromatic heterocycles. The number of Topliss-reactive ketones (excluding diaryl/α,β-unsaturated/α-hetero) is 7. The van der Waals surface area contributed by atoms with Crippen LogP contribution in [0.4, 0.5) is 0 Å². The minimum absolute atomic E-state index is 0.00388. The number of H-pyrrole nitrogens is 1. The van der Waals surface area contributed by atoms with E-state index in [1.807, 2.05) is 6.92 Å². The number of nitrogens with one attached hydrogen (secondary N) is 8. The second-order valence-electron chi connectivity index (χ2n) is 33.2. The van der Waals surface area contributed by atoms with E-state index < -0.39 is 161 Å². The van der Waals surface area contributed by atoms with Gasteiger partial charge in [-0.2, -0.15) is 0 Å². The number of carboxylic acids is 6. The highest BCUT2D eigenvalue weighted by atomic mass is 16.5. The molecule has 1 heterocycles. The number of nitrogens with zero attached hydrogens (tertiary/aromatic N) is 1. The van der Waals surface area contributed by atoms with Crippen LogP contribution in [-0.2, 0) is 121 Å². The molecule has 1 aromatic rings. The van der Waals surface area contributed by atoms with Crippen LogP contribution in [0.5, 0.6) is 0 Å². The second kappa shape index (κ2) is 74.7. The van der Waals surface area contributed by atoms with Gasteiger partial charge in [-0.3, -0.25) is 91.6 Å². The van der Waals surface area contributed by atoms with Crippen LogP contribution >= 0.6 is 0 Å². The Balaban J connectivity index is 0.00000258. The first-order chi connectivity index (χ1) is 62.2. The maximum atomic E-state index is 13.3. The summed E-state index contributed by atoms with van der Waals surface area (Å²) in [6.45, 7) is 7.80. The minimum Gasteiger partial charge on any atom is -0.481 e. The van der Waals surface area contributed by atoms with Crippen LogP contribution in [0.15, 0.2) is 12.5 Å². The molecule has 0 aliphatic rings. The average molecular weight is 1870 g/mol. The van der Waals surface area contributed by atoms with Crippen LogP contribution in [0.25, 0.3) is 0 Å². The normalized spacial score (nSPS) is 13.3. The zero-order chi connectivity index (χ0) is 98.3. The van der Waals surface area contributed by atoms with Crippen LogP contribution in [0, 0.1) is 29.1 Å². The van der Waals surface area contributed by atoms with Crippen LogP contribution < -0.4 is 43.0 Å². The van der Waals surface area contributed by atoms with E-state index in [1.165, 1.54) is 52.3 Å². The Hall–Kier alpha value is -9.82. The summed E-state index contributed by atoms with van der Waals surface area (Å²) in [6, 6.07) is -4.45. The Kier molecular flexibility index (Phi) is 69.1. The number of hydrogen-bond acceptors (Lipinski definition) is 29. The number of aliphatic carboxylic acids is 6. The van der Waals surface area contributed by atoms with Crippen molar-refractivity contribution in [1.29, 1.82) is 0 Å². The van der Waals surface area contributed by atoms with E-state index in [4.69, 9.17) is 44.7 Å². The van der Waals surface area contributed by atoms with Crippen molar-refractivity contribution in [1.82, 2.24) is 47.2 Å². The Morgan fingerprint density at radius 2 is 0.840 bits per heavy atom. The number of aromatic amines is 1. The van der Waals surface area contributed by atoms with Crippen LogP contribution in [0.1, 0.15) is 265 Å². The van der Waals surface area contributed by atoms with E-state index >= 15 is 0 Å². The topological polar surface area (TPSA) is 671 Å². The first kappa shape index (κ1) is 121. The summed E-state index contributed by atoms with van der Waals surface area (Å²) in [5.74, 6) is -17.4. The lowest BCUT2D eigenvalue weighted by molar-refractivity contribution is -0.145. The highest BCUT2D eigenvalue weighted by Gasteiger charge is 2.35. The second-order valence-corrected chi connectivity index (χ2v) is 33.2. The average Bonchev–Trinajstić information content (AvgIpc) is 1.85. The molecule has 18 N–H and O–H groups in total. The number of carbonyl (C=O) groups is 19. The van der Waals surface area contributed by atoms with E-state index in [0.29, 0.717) is 44.7 Å². The minimum atomic E-state index is -1.39. The molecule has 9 atom stereocenters. The Morgan fingerprint density at radius 3 is 1.24 bits per heavy atom. The highest BCUT2D eigenvalue weighted by Crippen LogP contribution is 2.25. The predicted octanol–water partition coefficient (Wildman–Crippen LogP) is 3.79. The maximum absolute atomic E-state index is 13.3. The monoisotopic (exact) mass is 1870 g/mol. The molecule has 0 fully saturated rings. The summed E-state index contributed by atoms with van der Waals surface area (Å²) in [6.07, 6.45) is 16.1. The molecule has 746 valence electrons. The van der Waals surface area contributed by atoms with E-state index in [0.717, 1.165) is 57.8 Å². The van der Waals surface area contributed by atoms with Gasteiger partial charge in [0.25, 0.3) is 0 Å². The molecule has 42 heteroatoms. The number of nitrogens with two attached hydrogens (primary N) is 1. The Morgan fingerprint density at radius 1 is 0.443 bits per heavy atom. The molecule has 0 unspecified atom stereocenters. The molecule has 0 aliphatic carbocycles. The van der Waals surface area contributed by atoms with E-state index in [2.05, 4.69) is 47.2 Å². The lowest BCUT2D eigenvalue weighted by atomic mass is 9.81. The van der Waals surface area contributed by atoms with Gasteiger partial charge in [0.15, 0.2) is 34.7 Å². The summed E-state index contributed by atoms with van der Waals surface area (Å²) in [7, 11) is 0. The van der Waals surface area contributed by atoms with Crippen molar-refractivity contribution in [2.45, 2.75) is 296 Å². The number of aliphatic hydroxyl groups excluding tert-OH is 2. The van der Waals surface area contributed by atoms with Crippen molar-refractivity contribution in [3.05, 3.63) is 18.2 Å². The molecular weight excluding hydrogens is 1720 g/mol. The summed E-state index contributed by atoms with van der Waals surface area (Å²) >= 11 is 0. The molecule has 1 rings (SSSR count). The SMILES string of the molecule is CC(=O)[C@@H](NC(=O)[C@H](CCCCNC(=O)CC[C@H](CC(=O)COCCOCCNC(=O)CC[C@H](CC(=O)CO)C(=O)O)C(=O)O)NCC(=O)C(C)(C)CC(=O)[C@@H](N)Cc1cnc[nH]1)[C@@H](C)O.CCCOCCNC(=O)CC[C@H](CC(=O)COCCOCCNC(=O)CC[C@H](NC(=O)CC[C@H](CC(=O)CCCCCCCCCCCCCCCCC(=O)O)C(=O)O)C(=O)O)C(=O)O. The van der Waals surface area contributed by atoms with E-state index in [1.54, 1.807) is 20.0 Å². The molecule has 6 amide bonds. The van der Waals surface area contributed by atoms with E-state index in [9.17, 15) is 117 Å². The van der Waals surface area contributed by atoms with Gasteiger partial charge in [-0.05, 0) is 84.5 Å². The van der Waals surface area contributed by atoms with Crippen molar-refractivity contribution in [2.75, 3.05) is 105 Å². The van der Waals surface area contributed by atoms with Gasteiger partial charge in [-0.1, -0.05) is 97.8 Å². The Labute approximate surface area is 765 Å². The number of ether oxygens (including phenoxy) is 5. The van der Waals surface area contributed by atoms with Crippen molar-refractivity contribution in [3.8, 4) is 0 Å². The molecule has 0 radical (unpaired) electrons. The number of ketones is 7. The first-order valence-electron chi connectivity index (χ1n) is 45.5. The van der Waals surface area contributed by atoms with Crippen LogP contribution in [0.2, 0.25) is 0 Å². The molecule has 131 heavy (non-hydrogen) atoms. The zero-order valence-corrected chi connectivity index (χ0v) is 77.0. The van der Waals surface area contributed by atoms with Gasteiger partial charge in [-0.15, -0.1) is 0 Å². The van der Waals surface area contributed by atoms with Crippen molar-refractivity contribution in [3.63, 3.8) is 0 Å².